The van der Waals surface area contributed by atoms with Crippen LogP contribution < -0.4 is 0 Å². The first-order valence-electron chi connectivity index (χ1n) is 6.30. The van der Waals surface area contributed by atoms with Crippen LogP contribution in [0, 0.1) is 13.8 Å². The number of ether oxygens (including phenoxy) is 1. The summed E-state index contributed by atoms with van der Waals surface area (Å²) < 4.78 is 5.10. The molecule has 0 bridgehead atoms. The van der Waals surface area contributed by atoms with Crippen molar-refractivity contribution >= 4 is 23.5 Å². The van der Waals surface area contributed by atoms with E-state index in [1.54, 1.807) is 12.1 Å². The number of aryl methyl sites for hydroxylation is 2. The molecule has 0 saturated carbocycles. The van der Waals surface area contributed by atoms with Gasteiger partial charge in [-0.1, -0.05) is 11.6 Å². The molecule has 1 N–H and O–H groups in total. The fourth-order valence-corrected chi connectivity index (χ4v) is 2.40. The number of aliphatic carboxylic acids is 1. The van der Waals surface area contributed by atoms with Crippen LogP contribution in [-0.2, 0) is 9.53 Å². The SMILES string of the molecule is Cc1cc(Cl)c(C(=O)N2CCOC(C(=O)O)C2)cc1C. The number of nitrogens with zero attached hydrogens (tertiary/aromatic N) is 1. The molecule has 1 aliphatic rings. The van der Waals surface area contributed by atoms with Gasteiger partial charge in [-0.25, -0.2) is 4.79 Å². The van der Waals surface area contributed by atoms with Gasteiger partial charge in [0.2, 0.25) is 0 Å². The van der Waals surface area contributed by atoms with Gasteiger partial charge in [-0.15, -0.1) is 0 Å². The number of hydrogen-bond donors (Lipinski definition) is 1. The minimum Gasteiger partial charge on any atom is -0.479 e. The third kappa shape index (κ3) is 2.94. The van der Waals surface area contributed by atoms with Crippen molar-refractivity contribution in [3.8, 4) is 0 Å². The second-order valence-corrected chi connectivity index (χ2v) is 5.27. The number of halogens is 1. The van der Waals surface area contributed by atoms with Gasteiger partial charge in [0, 0.05) is 6.54 Å². The van der Waals surface area contributed by atoms with Gasteiger partial charge in [-0.05, 0) is 37.1 Å². The van der Waals surface area contributed by atoms with Crippen LogP contribution in [0.25, 0.3) is 0 Å². The molecule has 1 saturated heterocycles. The summed E-state index contributed by atoms with van der Waals surface area (Å²) in [5.74, 6) is -1.32. The largest absolute Gasteiger partial charge is 0.479 e. The Kier molecular flexibility index (Phi) is 4.30. The fourth-order valence-electron chi connectivity index (χ4n) is 2.10. The molecule has 1 aliphatic heterocycles. The lowest BCUT2D eigenvalue weighted by atomic mass is 10.0. The van der Waals surface area contributed by atoms with Gasteiger partial charge >= 0.3 is 5.97 Å². The van der Waals surface area contributed by atoms with Gasteiger partial charge < -0.3 is 14.7 Å². The van der Waals surface area contributed by atoms with Gasteiger partial charge in [-0.3, -0.25) is 4.79 Å². The Hall–Kier alpha value is -1.59. The molecule has 1 amide bonds. The highest BCUT2D eigenvalue weighted by atomic mass is 35.5. The molecule has 2 rings (SSSR count). The molecular formula is C14H16ClNO4. The second-order valence-electron chi connectivity index (χ2n) is 4.87. The molecule has 5 nitrogen and oxygen atoms in total. The lowest BCUT2D eigenvalue weighted by molar-refractivity contribution is -0.154. The Morgan fingerprint density at radius 1 is 1.35 bits per heavy atom. The van der Waals surface area contributed by atoms with Crippen LogP contribution in [0.4, 0.5) is 0 Å². The van der Waals surface area contributed by atoms with E-state index in [-0.39, 0.29) is 19.1 Å². The van der Waals surface area contributed by atoms with Crippen molar-refractivity contribution in [1.82, 2.24) is 4.90 Å². The molecule has 1 atom stereocenters. The molecule has 1 aromatic carbocycles. The zero-order valence-corrected chi connectivity index (χ0v) is 12.1. The van der Waals surface area contributed by atoms with Gasteiger partial charge in [0.05, 0.1) is 23.7 Å². The minimum absolute atomic E-state index is 0.0391. The van der Waals surface area contributed by atoms with Crippen LogP contribution in [-0.4, -0.2) is 47.7 Å². The highest BCUT2D eigenvalue weighted by Gasteiger charge is 2.30. The lowest BCUT2D eigenvalue weighted by Gasteiger charge is -2.31. The van der Waals surface area contributed by atoms with Crippen molar-refractivity contribution in [2.24, 2.45) is 0 Å². The van der Waals surface area contributed by atoms with E-state index in [0.717, 1.165) is 11.1 Å². The Balaban J connectivity index is 2.23. The highest BCUT2D eigenvalue weighted by Crippen LogP contribution is 2.23. The minimum atomic E-state index is -1.06. The topological polar surface area (TPSA) is 66.8 Å². The first kappa shape index (κ1) is 14.8. The van der Waals surface area contributed by atoms with Crippen molar-refractivity contribution in [1.29, 1.82) is 0 Å². The maximum absolute atomic E-state index is 12.4. The van der Waals surface area contributed by atoms with E-state index in [0.29, 0.717) is 17.1 Å². The summed E-state index contributed by atoms with van der Waals surface area (Å²) in [6, 6.07) is 3.49. The molecule has 1 heterocycles. The number of amides is 1. The average Bonchev–Trinajstić information content (AvgIpc) is 2.42. The van der Waals surface area contributed by atoms with Crippen molar-refractivity contribution in [3.63, 3.8) is 0 Å². The Morgan fingerprint density at radius 2 is 2.00 bits per heavy atom. The van der Waals surface area contributed by atoms with Gasteiger partial charge in [-0.2, -0.15) is 0 Å². The van der Waals surface area contributed by atoms with Crippen molar-refractivity contribution in [2.75, 3.05) is 19.7 Å². The molecule has 1 aromatic rings. The van der Waals surface area contributed by atoms with Crippen LogP contribution in [0.2, 0.25) is 5.02 Å². The maximum atomic E-state index is 12.4. The predicted octanol–water partition coefficient (Wildman–Crippen LogP) is 1.88. The van der Waals surface area contributed by atoms with Crippen LogP contribution in [0.15, 0.2) is 12.1 Å². The summed E-state index contributed by atoms with van der Waals surface area (Å²) in [5.41, 5.74) is 2.39. The smallest absolute Gasteiger partial charge is 0.334 e. The standard InChI is InChI=1S/C14H16ClNO4/c1-8-5-10(11(15)6-9(8)2)13(17)16-3-4-20-12(7-16)14(18)19/h5-6,12H,3-4,7H2,1-2H3,(H,18,19). The summed E-state index contributed by atoms with van der Waals surface area (Å²) >= 11 is 6.12. The second kappa shape index (κ2) is 5.81. The third-order valence-corrected chi connectivity index (χ3v) is 3.76. The molecule has 0 spiro atoms. The number of morpholine rings is 1. The summed E-state index contributed by atoms with van der Waals surface area (Å²) in [4.78, 5) is 24.9. The van der Waals surface area contributed by atoms with Crippen LogP contribution in [0.5, 0.6) is 0 Å². The van der Waals surface area contributed by atoms with E-state index in [2.05, 4.69) is 0 Å². The van der Waals surface area contributed by atoms with Crippen molar-refractivity contribution < 1.29 is 19.4 Å². The molecule has 0 aliphatic carbocycles. The maximum Gasteiger partial charge on any atom is 0.334 e. The summed E-state index contributed by atoms with van der Waals surface area (Å²) in [5, 5.41) is 9.34. The van der Waals surface area contributed by atoms with Gasteiger partial charge in [0.15, 0.2) is 6.10 Å². The van der Waals surface area contributed by atoms with Gasteiger partial charge in [0.25, 0.3) is 5.91 Å². The van der Waals surface area contributed by atoms with Crippen molar-refractivity contribution in [2.45, 2.75) is 20.0 Å². The van der Waals surface area contributed by atoms with E-state index in [4.69, 9.17) is 21.4 Å². The fraction of sp³-hybridized carbons (Fsp3) is 0.429. The van der Waals surface area contributed by atoms with Crippen LogP contribution in [0.1, 0.15) is 21.5 Å². The third-order valence-electron chi connectivity index (χ3n) is 3.44. The quantitative estimate of drug-likeness (QED) is 0.905. The number of benzene rings is 1. The normalized spacial score (nSPS) is 18.9. The molecule has 6 heteroatoms. The highest BCUT2D eigenvalue weighted by molar-refractivity contribution is 6.34. The molecule has 0 aromatic heterocycles. The summed E-state index contributed by atoms with van der Waals surface area (Å²) in [6.45, 7) is 4.45. The number of rotatable bonds is 2. The zero-order valence-electron chi connectivity index (χ0n) is 11.4. The molecular weight excluding hydrogens is 282 g/mol. The lowest BCUT2D eigenvalue weighted by Crippen LogP contribution is -2.48. The monoisotopic (exact) mass is 297 g/mol. The molecule has 108 valence electrons. The molecule has 1 fully saturated rings. The van der Waals surface area contributed by atoms with Crippen LogP contribution >= 0.6 is 11.6 Å². The molecule has 0 radical (unpaired) electrons. The van der Waals surface area contributed by atoms with E-state index in [1.807, 2.05) is 13.8 Å². The average molecular weight is 298 g/mol. The Labute approximate surface area is 122 Å². The van der Waals surface area contributed by atoms with E-state index in [9.17, 15) is 9.59 Å². The van der Waals surface area contributed by atoms with E-state index < -0.39 is 12.1 Å². The summed E-state index contributed by atoms with van der Waals surface area (Å²) in [7, 11) is 0. The molecule has 1 unspecified atom stereocenters. The number of carbonyl (C=O) groups is 2. The van der Waals surface area contributed by atoms with Crippen molar-refractivity contribution in [3.05, 3.63) is 33.8 Å². The number of carboxylic acids is 1. The first-order chi connectivity index (χ1) is 9.40. The Morgan fingerprint density at radius 3 is 2.65 bits per heavy atom. The van der Waals surface area contributed by atoms with Gasteiger partial charge in [0.1, 0.15) is 0 Å². The van der Waals surface area contributed by atoms with E-state index in [1.165, 1.54) is 4.90 Å². The Bertz CT molecular complexity index is 558. The molecule has 20 heavy (non-hydrogen) atoms. The number of carboxylic acid groups (broad SMARTS) is 1. The number of carbonyl (C=O) groups excluding carboxylic acids is 1. The summed E-state index contributed by atoms with van der Waals surface area (Å²) in [6.07, 6.45) is -0.974. The zero-order chi connectivity index (χ0) is 14.9. The predicted molar refractivity (Wildman–Crippen MR) is 74.2 cm³/mol. The van der Waals surface area contributed by atoms with E-state index >= 15 is 0 Å². The van der Waals surface area contributed by atoms with Crippen LogP contribution in [0.3, 0.4) is 0 Å². The number of hydrogen-bond acceptors (Lipinski definition) is 3. The first-order valence-corrected chi connectivity index (χ1v) is 6.68.